The van der Waals surface area contributed by atoms with E-state index >= 15 is 0 Å². The van der Waals surface area contributed by atoms with E-state index in [1.807, 2.05) is 26.8 Å². The van der Waals surface area contributed by atoms with Gasteiger partial charge in [0.1, 0.15) is 11.5 Å². The van der Waals surface area contributed by atoms with E-state index in [0.717, 1.165) is 38.8 Å². The Hall–Kier alpha value is -1.96. The normalized spacial score (nSPS) is 13.5. The first kappa shape index (κ1) is 10.2. The monoisotopic (exact) mass is 226 g/mol. The highest BCUT2D eigenvalue weighted by molar-refractivity contribution is 6.04. The number of hydrogen-bond donors (Lipinski definition) is 1. The molecule has 1 N–H and O–H groups in total. The molecule has 0 aromatic heterocycles. The third-order valence-electron chi connectivity index (χ3n) is 3.39. The Kier molecular flexibility index (Phi) is 1.96. The van der Waals surface area contributed by atoms with Crippen LogP contribution in [0.2, 0.25) is 0 Å². The summed E-state index contributed by atoms with van der Waals surface area (Å²) in [5.41, 5.74) is 4.27. The van der Waals surface area contributed by atoms with Crippen LogP contribution in [0.5, 0.6) is 11.5 Å². The van der Waals surface area contributed by atoms with E-state index in [-0.39, 0.29) is 0 Å². The van der Waals surface area contributed by atoms with Crippen LogP contribution >= 0.6 is 0 Å². The van der Waals surface area contributed by atoms with Gasteiger partial charge in [-0.1, -0.05) is 12.1 Å². The Morgan fingerprint density at radius 3 is 2.53 bits per heavy atom. The van der Waals surface area contributed by atoms with Gasteiger partial charge in [-0.3, -0.25) is 0 Å². The van der Waals surface area contributed by atoms with E-state index in [1.54, 1.807) is 12.3 Å². The molecule has 17 heavy (non-hydrogen) atoms. The van der Waals surface area contributed by atoms with Gasteiger partial charge in [0.2, 0.25) is 0 Å². The molecule has 0 radical (unpaired) electrons. The van der Waals surface area contributed by atoms with Gasteiger partial charge in [-0.25, -0.2) is 0 Å². The molecular formula is C15H14O2. The Bertz CT molecular complexity index is 666. The van der Waals surface area contributed by atoms with Gasteiger partial charge in [-0.05, 0) is 49.1 Å². The predicted molar refractivity (Wildman–Crippen MR) is 69.4 cm³/mol. The van der Waals surface area contributed by atoms with Gasteiger partial charge in [0.15, 0.2) is 0 Å². The summed E-state index contributed by atoms with van der Waals surface area (Å²) in [4.78, 5) is 0. The summed E-state index contributed by atoms with van der Waals surface area (Å²) in [5, 5.41) is 12.0. The highest BCUT2D eigenvalue weighted by atomic mass is 16.5. The maximum absolute atomic E-state index is 10.1. The zero-order valence-electron chi connectivity index (χ0n) is 10.2. The van der Waals surface area contributed by atoms with Crippen molar-refractivity contribution in [2.24, 2.45) is 0 Å². The minimum atomic E-state index is 0.332. The molecule has 3 rings (SSSR count). The van der Waals surface area contributed by atoms with Crippen molar-refractivity contribution in [1.82, 2.24) is 0 Å². The fourth-order valence-electron chi connectivity index (χ4n) is 2.50. The van der Waals surface area contributed by atoms with Crippen molar-refractivity contribution in [3.8, 4) is 11.5 Å². The molecule has 0 amide bonds. The van der Waals surface area contributed by atoms with E-state index < -0.39 is 0 Å². The number of aromatic hydroxyl groups is 1. The van der Waals surface area contributed by atoms with Crippen molar-refractivity contribution < 1.29 is 9.84 Å². The number of allylic oxidation sites excluding steroid dienone is 1. The first-order valence-corrected chi connectivity index (χ1v) is 5.69. The summed E-state index contributed by atoms with van der Waals surface area (Å²) in [6.07, 6.45) is 1.77. The maximum atomic E-state index is 10.1. The molecule has 2 nitrogen and oxygen atoms in total. The van der Waals surface area contributed by atoms with E-state index in [0.29, 0.717) is 5.75 Å². The number of phenolic OH excluding ortho intramolecular Hbond substituents is 1. The number of benzene rings is 2. The third-order valence-corrected chi connectivity index (χ3v) is 3.39. The topological polar surface area (TPSA) is 29.5 Å². The Morgan fingerprint density at radius 1 is 1.00 bits per heavy atom. The average Bonchev–Trinajstić information content (AvgIpc) is 2.27. The molecule has 0 fully saturated rings. The number of ether oxygens (including phenoxy) is 1. The van der Waals surface area contributed by atoms with Crippen LogP contribution in [-0.2, 0) is 0 Å². The number of aryl methyl sites for hydroxylation is 2. The SMILES string of the molecule is CC1=COc2c(C)cc(O)c3c(C)ccc1c23. The Labute approximate surface area is 100 Å². The molecule has 0 atom stereocenters. The van der Waals surface area contributed by atoms with Gasteiger partial charge in [0, 0.05) is 10.8 Å². The van der Waals surface area contributed by atoms with Gasteiger partial charge >= 0.3 is 0 Å². The smallest absolute Gasteiger partial charge is 0.138 e. The molecule has 0 aliphatic carbocycles. The standard InChI is InChI=1S/C15H14O2/c1-8-4-5-11-10(3)7-17-15-9(2)6-12(16)13(8)14(11)15/h4-7,16H,1-3H3. The highest BCUT2D eigenvalue weighted by Gasteiger charge is 2.19. The fourth-order valence-corrected chi connectivity index (χ4v) is 2.50. The lowest BCUT2D eigenvalue weighted by Gasteiger charge is -2.20. The summed E-state index contributed by atoms with van der Waals surface area (Å²) in [7, 11) is 0. The second kappa shape index (κ2) is 3.27. The quantitative estimate of drug-likeness (QED) is 0.737. The fraction of sp³-hybridized carbons (Fsp3) is 0.200. The number of phenols is 1. The molecule has 0 bridgehead atoms. The van der Waals surface area contributed by atoms with E-state index in [1.165, 1.54) is 0 Å². The average molecular weight is 226 g/mol. The molecule has 86 valence electrons. The molecular weight excluding hydrogens is 212 g/mol. The summed E-state index contributed by atoms with van der Waals surface area (Å²) in [5.74, 6) is 1.20. The molecule has 1 aliphatic rings. The van der Waals surface area contributed by atoms with E-state index in [9.17, 15) is 5.11 Å². The molecule has 2 aromatic carbocycles. The second-order valence-electron chi connectivity index (χ2n) is 4.64. The number of rotatable bonds is 0. The first-order valence-electron chi connectivity index (χ1n) is 5.69. The molecule has 0 spiro atoms. The predicted octanol–water partition coefficient (Wildman–Crippen LogP) is 3.92. The largest absolute Gasteiger partial charge is 0.507 e. The zero-order valence-corrected chi connectivity index (χ0v) is 10.2. The minimum absolute atomic E-state index is 0.332. The summed E-state index contributed by atoms with van der Waals surface area (Å²) >= 11 is 0. The van der Waals surface area contributed by atoms with Gasteiger partial charge in [-0.15, -0.1) is 0 Å². The van der Waals surface area contributed by atoms with Crippen LogP contribution < -0.4 is 4.74 Å². The van der Waals surface area contributed by atoms with Crippen molar-refractivity contribution in [2.45, 2.75) is 20.8 Å². The van der Waals surface area contributed by atoms with Gasteiger partial charge in [0.25, 0.3) is 0 Å². The minimum Gasteiger partial charge on any atom is -0.507 e. The molecule has 0 saturated carbocycles. The third kappa shape index (κ3) is 1.27. The van der Waals surface area contributed by atoms with Crippen LogP contribution in [0.25, 0.3) is 16.3 Å². The Balaban J connectivity index is 2.59. The molecule has 2 heteroatoms. The maximum Gasteiger partial charge on any atom is 0.138 e. The van der Waals surface area contributed by atoms with Crippen LogP contribution in [0, 0.1) is 13.8 Å². The van der Waals surface area contributed by atoms with Crippen LogP contribution in [-0.4, -0.2) is 5.11 Å². The van der Waals surface area contributed by atoms with Gasteiger partial charge in [0.05, 0.1) is 6.26 Å². The van der Waals surface area contributed by atoms with Gasteiger partial charge in [-0.2, -0.15) is 0 Å². The Morgan fingerprint density at radius 2 is 1.76 bits per heavy atom. The summed E-state index contributed by atoms with van der Waals surface area (Å²) in [6, 6.07) is 5.90. The lowest BCUT2D eigenvalue weighted by Crippen LogP contribution is -1.99. The van der Waals surface area contributed by atoms with Crippen molar-refractivity contribution in [1.29, 1.82) is 0 Å². The van der Waals surface area contributed by atoms with Crippen LogP contribution in [0.4, 0.5) is 0 Å². The molecule has 2 aromatic rings. The van der Waals surface area contributed by atoms with Crippen molar-refractivity contribution >= 4 is 16.3 Å². The lowest BCUT2D eigenvalue weighted by atomic mass is 9.92. The van der Waals surface area contributed by atoms with E-state index in [4.69, 9.17) is 4.74 Å². The lowest BCUT2D eigenvalue weighted by molar-refractivity contribution is 0.468. The second-order valence-corrected chi connectivity index (χ2v) is 4.64. The van der Waals surface area contributed by atoms with Gasteiger partial charge < -0.3 is 9.84 Å². The van der Waals surface area contributed by atoms with Crippen molar-refractivity contribution in [2.75, 3.05) is 0 Å². The molecule has 0 unspecified atom stereocenters. The highest BCUT2D eigenvalue weighted by Crippen LogP contribution is 2.43. The van der Waals surface area contributed by atoms with Crippen molar-refractivity contribution in [3.63, 3.8) is 0 Å². The molecule has 1 heterocycles. The zero-order chi connectivity index (χ0) is 12.2. The van der Waals surface area contributed by atoms with Crippen LogP contribution in [0.15, 0.2) is 24.5 Å². The van der Waals surface area contributed by atoms with E-state index in [2.05, 4.69) is 6.07 Å². The van der Waals surface area contributed by atoms with Crippen LogP contribution in [0.1, 0.15) is 23.6 Å². The first-order chi connectivity index (χ1) is 8.09. The van der Waals surface area contributed by atoms with Crippen LogP contribution in [0.3, 0.4) is 0 Å². The summed E-state index contributed by atoms with van der Waals surface area (Å²) in [6.45, 7) is 5.98. The molecule has 1 aliphatic heterocycles. The number of hydrogen-bond acceptors (Lipinski definition) is 2. The van der Waals surface area contributed by atoms with Crippen molar-refractivity contribution in [3.05, 3.63) is 41.2 Å². The summed E-state index contributed by atoms with van der Waals surface area (Å²) < 4.78 is 5.68. The molecule has 0 saturated heterocycles.